The minimum Gasteiger partial charge on any atom is -0.370 e. The van der Waals surface area contributed by atoms with E-state index in [2.05, 4.69) is 10.3 Å². The van der Waals surface area contributed by atoms with Crippen molar-refractivity contribution in [3.8, 4) is 0 Å². The second-order valence-corrected chi connectivity index (χ2v) is 4.75. The van der Waals surface area contributed by atoms with Crippen molar-refractivity contribution in [2.75, 3.05) is 33.2 Å². The van der Waals surface area contributed by atoms with Crippen LogP contribution >= 0.6 is 24.0 Å². The van der Waals surface area contributed by atoms with E-state index in [4.69, 9.17) is 5.73 Å². The maximum atomic E-state index is 12.0. The largest absolute Gasteiger partial charge is 0.401 e. The third-order valence-electron chi connectivity index (χ3n) is 2.10. The fourth-order valence-electron chi connectivity index (χ4n) is 1.29. The Balaban J connectivity index is 0. The van der Waals surface area contributed by atoms with Crippen molar-refractivity contribution in [1.29, 1.82) is 0 Å². The number of halogens is 4. The van der Waals surface area contributed by atoms with E-state index in [9.17, 15) is 13.2 Å². The zero-order chi connectivity index (χ0) is 14.2. The molecule has 0 amide bonds. The quantitative estimate of drug-likeness (QED) is 0.300. The zero-order valence-electron chi connectivity index (χ0n) is 11.6. The second kappa shape index (κ2) is 10.5. The first-order valence-corrected chi connectivity index (χ1v) is 6.00. The summed E-state index contributed by atoms with van der Waals surface area (Å²) >= 11 is 0. The van der Waals surface area contributed by atoms with Gasteiger partial charge in [-0.2, -0.15) is 13.2 Å². The monoisotopic (exact) mass is 396 g/mol. The SMILES string of the molecule is CC(C)CN=C(N)NCCCN(C)CC(F)(F)F.I. The molecule has 0 aliphatic heterocycles. The van der Waals surface area contributed by atoms with Crippen LogP contribution < -0.4 is 11.1 Å². The summed E-state index contributed by atoms with van der Waals surface area (Å²) < 4.78 is 36.1. The highest BCUT2D eigenvalue weighted by molar-refractivity contribution is 14.0. The van der Waals surface area contributed by atoms with Gasteiger partial charge in [-0.25, -0.2) is 0 Å². The molecule has 0 aromatic heterocycles. The van der Waals surface area contributed by atoms with E-state index in [1.807, 2.05) is 13.8 Å². The fraction of sp³-hybridized carbons (Fsp3) is 0.909. The average molecular weight is 396 g/mol. The molecule has 3 N–H and O–H groups in total. The Bertz CT molecular complexity index is 257. The molecule has 0 saturated heterocycles. The van der Waals surface area contributed by atoms with Gasteiger partial charge in [-0.1, -0.05) is 13.8 Å². The van der Waals surface area contributed by atoms with Crippen LogP contribution in [0.1, 0.15) is 20.3 Å². The van der Waals surface area contributed by atoms with E-state index in [-0.39, 0.29) is 24.0 Å². The van der Waals surface area contributed by atoms with Crippen LogP contribution in [0, 0.1) is 5.92 Å². The topological polar surface area (TPSA) is 53.6 Å². The fourth-order valence-corrected chi connectivity index (χ4v) is 1.29. The summed E-state index contributed by atoms with van der Waals surface area (Å²) in [5.41, 5.74) is 5.59. The molecule has 0 rings (SSSR count). The highest BCUT2D eigenvalue weighted by atomic mass is 127. The molecule has 19 heavy (non-hydrogen) atoms. The third kappa shape index (κ3) is 15.7. The van der Waals surface area contributed by atoms with Crippen LogP contribution in [-0.4, -0.2) is 50.3 Å². The summed E-state index contributed by atoms with van der Waals surface area (Å²) in [7, 11) is 1.45. The summed E-state index contributed by atoms with van der Waals surface area (Å²) in [5, 5.41) is 2.88. The number of hydrogen-bond acceptors (Lipinski definition) is 2. The molecule has 0 unspecified atom stereocenters. The van der Waals surface area contributed by atoms with Crippen LogP contribution in [0.25, 0.3) is 0 Å². The lowest BCUT2D eigenvalue weighted by molar-refractivity contribution is -0.143. The molecule has 0 spiro atoms. The Kier molecular flexibility index (Phi) is 11.7. The summed E-state index contributed by atoms with van der Waals surface area (Å²) in [6.07, 6.45) is -3.55. The van der Waals surface area contributed by atoms with Gasteiger partial charge in [-0.15, -0.1) is 24.0 Å². The number of alkyl halides is 3. The van der Waals surface area contributed by atoms with E-state index in [0.717, 1.165) is 0 Å². The van der Waals surface area contributed by atoms with Crippen molar-refractivity contribution in [2.24, 2.45) is 16.6 Å². The van der Waals surface area contributed by atoms with E-state index >= 15 is 0 Å². The van der Waals surface area contributed by atoms with Crippen LogP contribution in [0.3, 0.4) is 0 Å². The van der Waals surface area contributed by atoms with Gasteiger partial charge in [0.1, 0.15) is 0 Å². The molecule has 0 atom stereocenters. The summed E-state index contributed by atoms with van der Waals surface area (Å²) in [5.74, 6) is 0.783. The minimum atomic E-state index is -4.14. The van der Waals surface area contributed by atoms with Crippen molar-refractivity contribution in [3.05, 3.63) is 0 Å². The molecular weight excluding hydrogens is 372 g/mol. The summed E-state index contributed by atoms with van der Waals surface area (Å²) in [6.45, 7) is 4.71. The first-order chi connectivity index (χ1) is 8.20. The average Bonchev–Trinajstić information content (AvgIpc) is 2.19. The Morgan fingerprint density at radius 3 is 2.42 bits per heavy atom. The number of nitrogens with two attached hydrogens (primary N) is 1. The van der Waals surface area contributed by atoms with Crippen LogP contribution in [0.5, 0.6) is 0 Å². The van der Waals surface area contributed by atoms with Crippen LogP contribution in [-0.2, 0) is 0 Å². The van der Waals surface area contributed by atoms with Gasteiger partial charge in [0.25, 0.3) is 0 Å². The van der Waals surface area contributed by atoms with E-state index < -0.39 is 12.7 Å². The number of rotatable bonds is 7. The highest BCUT2D eigenvalue weighted by Crippen LogP contribution is 2.15. The first-order valence-electron chi connectivity index (χ1n) is 6.00. The van der Waals surface area contributed by atoms with Crippen LogP contribution in [0.2, 0.25) is 0 Å². The van der Waals surface area contributed by atoms with Gasteiger partial charge in [0.05, 0.1) is 6.54 Å². The Hall–Kier alpha value is -0.250. The molecule has 0 saturated carbocycles. The van der Waals surface area contributed by atoms with Gasteiger partial charge in [-0.05, 0) is 25.9 Å². The predicted octanol–water partition coefficient (Wildman–Crippen LogP) is 2.05. The van der Waals surface area contributed by atoms with E-state index in [0.29, 0.717) is 37.9 Å². The van der Waals surface area contributed by atoms with Gasteiger partial charge < -0.3 is 11.1 Å². The number of hydrogen-bond donors (Lipinski definition) is 2. The van der Waals surface area contributed by atoms with Gasteiger partial charge >= 0.3 is 6.18 Å². The normalized spacial score (nSPS) is 12.7. The summed E-state index contributed by atoms with van der Waals surface area (Å²) in [6, 6.07) is 0. The van der Waals surface area contributed by atoms with Crippen LogP contribution in [0.4, 0.5) is 13.2 Å². The second-order valence-electron chi connectivity index (χ2n) is 4.75. The highest BCUT2D eigenvalue weighted by Gasteiger charge is 2.28. The Morgan fingerprint density at radius 1 is 1.37 bits per heavy atom. The molecule has 8 heteroatoms. The molecular formula is C11H24F3IN4. The third-order valence-corrected chi connectivity index (χ3v) is 2.10. The van der Waals surface area contributed by atoms with Crippen LogP contribution in [0.15, 0.2) is 4.99 Å². The molecule has 4 nitrogen and oxygen atoms in total. The summed E-state index contributed by atoms with van der Waals surface area (Å²) in [4.78, 5) is 5.33. The molecule has 0 aromatic rings. The molecule has 0 heterocycles. The molecule has 116 valence electrons. The molecule has 0 aliphatic carbocycles. The van der Waals surface area contributed by atoms with E-state index in [1.165, 1.54) is 11.9 Å². The molecule has 0 fully saturated rings. The number of aliphatic imine (C=N–C) groups is 1. The lowest BCUT2D eigenvalue weighted by Gasteiger charge is -2.18. The van der Waals surface area contributed by atoms with Crippen molar-refractivity contribution in [2.45, 2.75) is 26.4 Å². The van der Waals surface area contributed by atoms with Crippen molar-refractivity contribution >= 4 is 29.9 Å². The standard InChI is InChI=1S/C11H23F3N4.HI/c1-9(2)7-17-10(15)16-5-4-6-18(3)8-11(12,13)14;/h9H,4-8H2,1-3H3,(H3,15,16,17);1H. The molecule has 0 aromatic carbocycles. The maximum Gasteiger partial charge on any atom is 0.401 e. The lowest BCUT2D eigenvalue weighted by atomic mass is 10.2. The lowest BCUT2D eigenvalue weighted by Crippen LogP contribution is -2.36. The number of guanidine groups is 1. The van der Waals surface area contributed by atoms with Gasteiger partial charge in [0.15, 0.2) is 5.96 Å². The number of nitrogens with one attached hydrogen (secondary N) is 1. The zero-order valence-corrected chi connectivity index (χ0v) is 14.0. The minimum absolute atomic E-state index is 0. The van der Waals surface area contributed by atoms with Crippen molar-refractivity contribution in [3.63, 3.8) is 0 Å². The van der Waals surface area contributed by atoms with Gasteiger partial charge in [0.2, 0.25) is 0 Å². The van der Waals surface area contributed by atoms with Crippen molar-refractivity contribution in [1.82, 2.24) is 10.2 Å². The molecule has 0 bridgehead atoms. The Labute approximate surface area is 130 Å². The van der Waals surface area contributed by atoms with E-state index in [1.54, 1.807) is 0 Å². The molecule has 0 radical (unpaired) electrons. The van der Waals surface area contributed by atoms with Gasteiger partial charge in [-0.3, -0.25) is 9.89 Å². The maximum absolute atomic E-state index is 12.0. The Morgan fingerprint density at radius 2 is 1.95 bits per heavy atom. The van der Waals surface area contributed by atoms with Gasteiger partial charge in [0, 0.05) is 13.1 Å². The first kappa shape index (κ1) is 21.1. The number of nitrogens with zero attached hydrogens (tertiary/aromatic N) is 2. The molecule has 0 aliphatic rings. The van der Waals surface area contributed by atoms with Crippen molar-refractivity contribution < 1.29 is 13.2 Å². The predicted molar refractivity (Wildman–Crippen MR) is 82.9 cm³/mol. The smallest absolute Gasteiger partial charge is 0.370 e.